The Kier molecular flexibility index (Phi) is 5.25. The second kappa shape index (κ2) is 8.39. The Balaban J connectivity index is 1.54. The lowest BCUT2D eigenvalue weighted by Crippen LogP contribution is -2.15. The van der Waals surface area contributed by atoms with Crippen LogP contribution in [0.3, 0.4) is 0 Å². The number of hydrogen-bond donors (Lipinski definition) is 1. The van der Waals surface area contributed by atoms with Crippen molar-refractivity contribution in [3.63, 3.8) is 0 Å². The Morgan fingerprint density at radius 3 is 2.35 bits per heavy atom. The van der Waals surface area contributed by atoms with Crippen LogP contribution in [0.5, 0.6) is 11.5 Å². The molecule has 34 heavy (non-hydrogen) atoms. The van der Waals surface area contributed by atoms with E-state index in [0.717, 1.165) is 27.8 Å². The predicted octanol–water partition coefficient (Wildman–Crippen LogP) is 3.43. The second-order valence-electron chi connectivity index (χ2n) is 7.77. The van der Waals surface area contributed by atoms with Crippen LogP contribution in [-0.4, -0.2) is 49.2 Å². The van der Waals surface area contributed by atoms with E-state index in [1.165, 1.54) is 14.2 Å². The fourth-order valence-corrected chi connectivity index (χ4v) is 3.89. The average Bonchev–Trinajstić information content (AvgIpc) is 3.57. The van der Waals surface area contributed by atoms with Gasteiger partial charge in [-0.15, -0.1) is 0 Å². The molecule has 0 atom stereocenters. The lowest BCUT2D eigenvalue weighted by atomic mass is 10.1. The minimum absolute atomic E-state index is 0.280. The third-order valence-electron chi connectivity index (χ3n) is 5.54. The van der Waals surface area contributed by atoms with Gasteiger partial charge in [0.05, 0.1) is 37.1 Å². The number of carbonyl (C=O) groups excluding carboxylic acids is 1. The first kappa shape index (κ1) is 21.3. The standard InChI is InChI=1S/C24H23N7O3/c1-29-8-7-22(28-29)27-24(32)23-20(33-3)10-17(11-21(23)34-4)31-14-25-18-9-15(5-6-19(18)31)16-12-26-30(2)13-16/h5-14H,1-4H3,(H,27,28,32). The number of imidazole rings is 1. The second-order valence-corrected chi connectivity index (χ2v) is 7.77. The molecule has 0 saturated carbocycles. The van der Waals surface area contributed by atoms with E-state index in [2.05, 4.69) is 20.5 Å². The highest BCUT2D eigenvalue weighted by Gasteiger charge is 2.22. The quantitative estimate of drug-likeness (QED) is 0.419. The zero-order chi connectivity index (χ0) is 23.8. The Morgan fingerprint density at radius 2 is 1.74 bits per heavy atom. The number of fused-ring (bicyclic) bond motifs is 1. The number of carbonyl (C=O) groups is 1. The van der Waals surface area contributed by atoms with E-state index in [4.69, 9.17) is 9.47 Å². The zero-order valence-electron chi connectivity index (χ0n) is 19.2. The fourth-order valence-electron chi connectivity index (χ4n) is 3.89. The van der Waals surface area contributed by atoms with Crippen molar-refractivity contribution in [3.05, 3.63) is 66.9 Å². The molecule has 0 unspecified atom stereocenters. The van der Waals surface area contributed by atoms with Crippen molar-refractivity contribution in [1.29, 1.82) is 0 Å². The normalized spacial score (nSPS) is 11.1. The van der Waals surface area contributed by atoms with Gasteiger partial charge in [0.2, 0.25) is 0 Å². The highest BCUT2D eigenvalue weighted by molar-refractivity contribution is 6.08. The number of methoxy groups -OCH3 is 2. The number of amides is 1. The van der Waals surface area contributed by atoms with E-state index in [-0.39, 0.29) is 11.5 Å². The first-order chi connectivity index (χ1) is 16.5. The molecule has 0 spiro atoms. The van der Waals surface area contributed by atoms with E-state index in [1.54, 1.807) is 47.1 Å². The van der Waals surface area contributed by atoms with E-state index in [0.29, 0.717) is 17.3 Å². The highest BCUT2D eigenvalue weighted by Crippen LogP contribution is 2.34. The topological polar surface area (TPSA) is 101 Å². The number of benzene rings is 2. The predicted molar refractivity (Wildman–Crippen MR) is 128 cm³/mol. The van der Waals surface area contributed by atoms with Crippen LogP contribution in [0.25, 0.3) is 27.8 Å². The number of hydrogen-bond acceptors (Lipinski definition) is 6. The lowest BCUT2D eigenvalue weighted by Gasteiger charge is -2.15. The van der Waals surface area contributed by atoms with Crippen molar-refractivity contribution in [2.24, 2.45) is 14.1 Å². The number of nitrogens with one attached hydrogen (secondary N) is 1. The van der Waals surface area contributed by atoms with Crippen molar-refractivity contribution in [3.8, 4) is 28.3 Å². The third-order valence-corrected chi connectivity index (χ3v) is 5.54. The van der Waals surface area contributed by atoms with Crippen molar-refractivity contribution < 1.29 is 14.3 Å². The van der Waals surface area contributed by atoms with E-state index in [9.17, 15) is 4.79 Å². The molecule has 0 aliphatic heterocycles. The zero-order valence-corrected chi connectivity index (χ0v) is 19.2. The van der Waals surface area contributed by atoms with Crippen LogP contribution in [0.2, 0.25) is 0 Å². The molecule has 3 aromatic heterocycles. The van der Waals surface area contributed by atoms with Crippen LogP contribution in [0.4, 0.5) is 5.82 Å². The van der Waals surface area contributed by atoms with Crippen LogP contribution in [0.1, 0.15) is 10.4 Å². The van der Waals surface area contributed by atoms with E-state index < -0.39 is 0 Å². The van der Waals surface area contributed by atoms with Crippen molar-refractivity contribution >= 4 is 22.8 Å². The van der Waals surface area contributed by atoms with Crippen molar-refractivity contribution in [2.75, 3.05) is 19.5 Å². The number of nitrogens with zero attached hydrogens (tertiary/aromatic N) is 6. The van der Waals surface area contributed by atoms with Gasteiger partial charge in [-0.2, -0.15) is 10.2 Å². The van der Waals surface area contributed by atoms with Crippen LogP contribution in [0.15, 0.2) is 61.3 Å². The molecule has 10 heteroatoms. The lowest BCUT2D eigenvalue weighted by molar-refractivity contribution is 0.102. The summed E-state index contributed by atoms with van der Waals surface area (Å²) in [5.74, 6) is 0.800. The van der Waals surface area contributed by atoms with Crippen molar-refractivity contribution in [1.82, 2.24) is 29.1 Å². The summed E-state index contributed by atoms with van der Waals surface area (Å²) in [5.41, 5.74) is 4.81. The molecular weight excluding hydrogens is 434 g/mol. The number of aryl methyl sites for hydroxylation is 2. The average molecular weight is 457 g/mol. The molecule has 3 heterocycles. The summed E-state index contributed by atoms with van der Waals surface area (Å²) in [5, 5.41) is 11.2. The minimum Gasteiger partial charge on any atom is -0.496 e. The summed E-state index contributed by atoms with van der Waals surface area (Å²) >= 11 is 0. The highest BCUT2D eigenvalue weighted by atomic mass is 16.5. The largest absolute Gasteiger partial charge is 0.496 e. The van der Waals surface area contributed by atoms with Crippen molar-refractivity contribution in [2.45, 2.75) is 0 Å². The van der Waals surface area contributed by atoms with Gasteiger partial charge in [0, 0.05) is 50.3 Å². The maximum atomic E-state index is 13.0. The first-order valence-electron chi connectivity index (χ1n) is 10.5. The minimum atomic E-state index is -0.379. The van der Waals surface area contributed by atoms with Crippen LogP contribution >= 0.6 is 0 Å². The smallest absolute Gasteiger partial charge is 0.264 e. The molecule has 172 valence electrons. The third kappa shape index (κ3) is 3.75. The maximum Gasteiger partial charge on any atom is 0.264 e. The van der Waals surface area contributed by atoms with Gasteiger partial charge in [-0.05, 0) is 17.7 Å². The summed E-state index contributed by atoms with van der Waals surface area (Å²) in [7, 11) is 6.70. The Hall–Kier alpha value is -4.60. The monoisotopic (exact) mass is 457 g/mol. The van der Waals surface area contributed by atoms with Gasteiger partial charge in [0.25, 0.3) is 5.91 Å². The van der Waals surface area contributed by atoms with Crippen LogP contribution < -0.4 is 14.8 Å². The number of aromatic nitrogens is 6. The molecule has 1 N–H and O–H groups in total. The molecule has 5 aromatic rings. The van der Waals surface area contributed by atoms with Gasteiger partial charge in [0.15, 0.2) is 5.82 Å². The molecule has 5 rings (SSSR count). The Bertz CT molecular complexity index is 1490. The summed E-state index contributed by atoms with van der Waals surface area (Å²) in [6.07, 6.45) is 7.27. The maximum absolute atomic E-state index is 13.0. The SMILES string of the molecule is COc1cc(-n2cnc3cc(-c4cnn(C)c4)ccc32)cc(OC)c1C(=O)Nc1ccn(C)n1. The summed E-state index contributed by atoms with van der Waals surface area (Å²) in [4.78, 5) is 17.6. The number of ether oxygens (including phenoxy) is 2. The molecule has 0 aliphatic carbocycles. The van der Waals surface area contributed by atoms with Gasteiger partial charge in [0.1, 0.15) is 23.4 Å². The first-order valence-corrected chi connectivity index (χ1v) is 10.5. The Labute approximate surface area is 195 Å². The van der Waals surface area contributed by atoms with E-state index in [1.807, 2.05) is 42.2 Å². The molecule has 0 bridgehead atoms. The number of anilines is 1. The summed E-state index contributed by atoms with van der Waals surface area (Å²) < 4.78 is 16.4. The van der Waals surface area contributed by atoms with Crippen LogP contribution in [-0.2, 0) is 14.1 Å². The molecule has 0 fully saturated rings. The fraction of sp³-hybridized carbons (Fsp3) is 0.167. The van der Waals surface area contributed by atoms with Gasteiger partial charge in [-0.3, -0.25) is 18.7 Å². The summed E-state index contributed by atoms with van der Waals surface area (Å²) in [6.45, 7) is 0. The molecule has 0 radical (unpaired) electrons. The van der Waals surface area contributed by atoms with Gasteiger partial charge < -0.3 is 14.8 Å². The molecule has 10 nitrogen and oxygen atoms in total. The van der Waals surface area contributed by atoms with Crippen LogP contribution in [0, 0.1) is 0 Å². The van der Waals surface area contributed by atoms with E-state index >= 15 is 0 Å². The molecule has 0 saturated heterocycles. The molecule has 1 amide bonds. The number of rotatable bonds is 6. The van der Waals surface area contributed by atoms with Gasteiger partial charge >= 0.3 is 0 Å². The molecule has 0 aliphatic rings. The summed E-state index contributed by atoms with van der Waals surface area (Å²) in [6, 6.07) is 11.3. The Morgan fingerprint density at radius 1 is 0.971 bits per heavy atom. The van der Waals surface area contributed by atoms with Gasteiger partial charge in [-0.25, -0.2) is 4.98 Å². The van der Waals surface area contributed by atoms with Gasteiger partial charge in [-0.1, -0.05) is 6.07 Å². The molecule has 2 aromatic carbocycles. The molecular formula is C24H23N7O3.